The number of anilines is 2. The highest BCUT2D eigenvalue weighted by Crippen LogP contribution is 2.27. The second-order valence-electron chi connectivity index (χ2n) is 4.27. The van der Waals surface area contributed by atoms with Gasteiger partial charge < -0.3 is 5.73 Å². The van der Waals surface area contributed by atoms with E-state index in [1.54, 1.807) is 30.7 Å². The third kappa shape index (κ3) is 2.16. The fourth-order valence-corrected chi connectivity index (χ4v) is 2.09. The maximum atomic E-state index is 11.7. The molecular formula is C15H12N4O. The Balaban J connectivity index is 2.13. The highest BCUT2D eigenvalue weighted by Gasteiger charge is 2.15. The number of hydrogen-bond acceptors (Lipinski definition) is 3. The molecule has 20 heavy (non-hydrogen) atoms. The number of nitrogens with two attached hydrogens (primary N) is 1. The van der Waals surface area contributed by atoms with Gasteiger partial charge in [0.05, 0.1) is 23.1 Å². The minimum Gasteiger partial charge on any atom is -0.351 e. The van der Waals surface area contributed by atoms with Crippen LogP contribution in [0.1, 0.15) is 0 Å². The van der Waals surface area contributed by atoms with E-state index in [0.717, 1.165) is 10.9 Å². The molecule has 0 bridgehead atoms. The van der Waals surface area contributed by atoms with E-state index in [2.05, 4.69) is 9.97 Å². The smallest absolute Gasteiger partial charge is 0.323 e. The number of hydrogen-bond donors (Lipinski definition) is 1. The quantitative estimate of drug-likeness (QED) is 0.773. The van der Waals surface area contributed by atoms with Gasteiger partial charge in [0.25, 0.3) is 0 Å². The van der Waals surface area contributed by atoms with E-state index in [4.69, 9.17) is 5.73 Å². The Hall–Kier alpha value is -2.95. The van der Waals surface area contributed by atoms with Crippen molar-refractivity contribution in [2.24, 2.45) is 5.73 Å². The SMILES string of the molecule is NC(=O)N(c1cccnc1)c1ccc2ncccc2c1. The van der Waals surface area contributed by atoms with E-state index >= 15 is 0 Å². The predicted octanol–water partition coefficient (Wildman–Crippen LogP) is 2.85. The van der Waals surface area contributed by atoms with Gasteiger partial charge in [-0.3, -0.25) is 14.9 Å². The highest BCUT2D eigenvalue weighted by atomic mass is 16.2. The minimum absolute atomic E-state index is 0.554. The van der Waals surface area contributed by atoms with Crippen molar-refractivity contribution < 1.29 is 4.79 Å². The summed E-state index contributed by atoms with van der Waals surface area (Å²) in [5.74, 6) is 0. The second kappa shape index (κ2) is 4.97. The summed E-state index contributed by atoms with van der Waals surface area (Å²) in [5, 5.41) is 0.945. The number of carbonyl (C=O) groups is 1. The number of nitrogens with zero attached hydrogens (tertiary/aromatic N) is 3. The lowest BCUT2D eigenvalue weighted by Crippen LogP contribution is -2.31. The molecule has 3 rings (SSSR count). The molecular weight excluding hydrogens is 252 g/mol. The summed E-state index contributed by atoms with van der Waals surface area (Å²) >= 11 is 0. The van der Waals surface area contributed by atoms with Crippen molar-refractivity contribution in [3.05, 3.63) is 61.1 Å². The largest absolute Gasteiger partial charge is 0.351 e. The molecule has 0 saturated carbocycles. The first-order chi connectivity index (χ1) is 9.75. The molecule has 0 spiro atoms. The van der Waals surface area contributed by atoms with Crippen molar-refractivity contribution in [2.45, 2.75) is 0 Å². The second-order valence-corrected chi connectivity index (χ2v) is 4.27. The van der Waals surface area contributed by atoms with Gasteiger partial charge in [-0.1, -0.05) is 6.07 Å². The Morgan fingerprint density at radius 3 is 2.65 bits per heavy atom. The number of carbonyl (C=O) groups excluding carboxylic acids is 1. The van der Waals surface area contributed by atoms with Crippen LogP contribution in [0.25, 0.3) is 10.9 Å². The van der Waals surface area contributed by atoms with Crippen LogP contribution in [-0.2, 0) is 0 Å². The number of pyridine rings is 2. The van der Waals surface area contributed by atoms with Crippen molar-refractivity contribution in [1.29, 1.82) is 0 Å². The van der Waals surface area contributed by atoms with Crippen molar-refractivity contribution >= 4 is 28.3 Å². The monoisotopic (exact) mass is 264 g/mol. The molecule has 2 aromatic heterocycles. The molecule has 2 heterocycles. The van der Waals surface area contributed by atoms with E-state index in [-0.39, 0.29) is 0 Å². The summed E-state index contributed by atoms with van der Waals surface area (Å²) < 4.78 is 0. The maximum Gasteiger partial charge on any atom is 0.323 e. The van der Waals surface area contributed by atoms with Crippen LogP contribution < -0.4 is 10.6 Å². The Kier molecular flexibility index (Phi) is 3.01. The molecule has 0 unspecified atom stereocenters. The van der Waals surface area contributed by atoms with Crippen LogP contribution in [0, 0.1) is 0 Å². The van der Waals surface area contributed by atoms with E-state index in [9.17, 15) is 4.79 Å². The van der Waals surface area contributed by atoms with Crippen LogP contribution in [0.4, 0.5) is 16.2 Å². The van der Waals surface area contributed by atoms with Gasteiger partial charge in [0.15, 0.2) is 0 Å². The van der Waals surface area contributed by atoms with E-state index in [0.29, 0.717) is 11.4 Å². The van der Waals surface area contributed by atoms with Gasteiger partial charge in [-0.2, -0.15) is 0 Å². The van der Waals surface area contributed by atoms with E-state index in [1.165, 1.54) is 4.90 Å². The van der Waals surface area contributed by atoms with E-state index < -0.39 is 6.03 Å². The molecule has 0 radical (unpaired) electrons. The van der Waals surface area contributed by atoms with E-state index in [1.807, 2.05) is 30.3 Å². The number of urea groups is 1. The third-order valence-electron chi connectivity index (χ3n) is 2.97. The van der Waals surface area contributed by atoms with Gasteiger partial charge >= 0.3 is 6.03 Å². The number of benzene rings is 1. The maximum absolute atomic E-state index is 11.7. The average molecular weight is 264 g/mol. The average Bonchev–Trinajstić information content (AvgIpc) is 2.48. The minimum atomic E-state index is -0.554. The molecule has 5 heteroatoms. The summed E-state index contributed by atoms with van der Waals surface area (Å²) in [5.41, 5.74) is 7.67. The van der Waals surface area contributed by atoms with Crippen LogP contribution >= 0.6 is 0 Å². The molecule has 0 aliphatic heterocycles. The Labute approximate surface area is 115 Å². The first-order valence-corrected chi connectivity index (χ1v) is 6.10. The van der Waals surface area contributed by atoms with Crippen LogP contribution in [0.15, 0.2) is 61.1 Å². The van der Waals surface area contributed by atoms with Crippen molar-refractivity contribution in [3.63, 3.8) is 0 Å². The number of rotatable bonds is 2. The standard InChI is InChI=1S/C15H12N4O/c16-15(20)19(13-4-2-7-17-10-13)12-5-6-14-11(9-12)3-1-8-18-14/h1-10H,(H2,16,20). The Bertz CT molecular complexity index is 758. The molecule has 0 atom stereocenters. The highest BCUT2D eigenvalue weighted by molar-refractivity contribution is 6.00. The van der Waals surface area contributed by atoms with Gasteiger partial charge in [0.1, 0.15) is 0 Å². The van der Waals surface area contributed by atoms with Gasteiger partial charge in [0.2, 0.25) is 0 Å². The number of aromatic nitrogens is 2. The molecule has 98 valence electrons. The van der Waals surface area contributed by atoms with Gasteiger partial charge in [-0.15, -0.1) is 0 Å². The molecule has 3 aromatic rings. The number of fused-ring (bicyclic) bond motifs is 1. The third-order valence-corrected chi connectivity index (χ3v) is 2.97. The molecule has 0 saturated heterocycles. The molecule has 0 fully saturated rings. The zero-order valence-electron chi connectivity index (χ0n) is 10.6. The normalized spacial score (nSPS) is 10.4. The molecule has 0 aliphatic rings. The van der Waals surface area contributed by atoms with Gasteiger partial charge in [-0.25, -0.2) is 4.79 Å². The number of amides is 2. The summed E-state index contributed by atoms with van der Waals surface area (Å²) in [6.07, 6.45) is 4.97. The lowest BCUT2D eigenvalue weighted by Gasteiger charge is -2.20. The Morgan fingerprint density at radius 2 is 1.90 bits per heavy atom. The number of primary amides is 1. The molecule has 2 amide bonds. The molecule has 2 N–H and O–H groups in total. The van der Waals surface area contributed by atoms with Crippen molar-refractivity contribution in [1.82, 2.24) is 9.97 Å². The fraction of sp³-hybridized carbons (Fsp3) is 0. The predicted molar refractivity (Wildman–Crippen MR) is 77.7 cm³/mol. The lowest BCUT2D eigenvalue weighted by molar-refractivity contribution is 0.256. The van der Waals surface area contributed by atoms with Crippen LogP contribution in [0.5, 0.6) is 0 Å². The van der Waals surface area contributed by atoms with Crippen LogP contribution in [0.2, 0.25) is 0 Å². The molecule has 1 aromatic carbocycles. The zero-order chi connectivity index (χ0) is 13.9. The lowest BCUT2D eigenvalue weighted by atomic mass is 10.2. The summed E-state index contributed by atoms with van der Waals surface area (Å²) in [7, 11) is 0. The van der Waals surface area contributed by atoms with Crippen LogP contribution in [-0.4, -0.2) is 16.0 Å². The Morgan fingerprint density at radius 1 is 1.05 bits per heavy atom. The first-order valence-electron chi connectivity index (χ1n) is 6.10. The van der Waals surface area contributed by atoms with Crippen molar-refractivity contribution in [2.75, 3.05) is 4.90 Å². The molecule has 5 nitrogen and oxygen atoms in total. The van der Waals surface area contributed by atoms with Gasteiger partial charge in [-0.05, 0) is 36.4 Å². The fourth-order valence-electron chi connectivity index (χ4n) is 2.09. The summed E-state index contributed by atoms with van der Waals surface area (Å²) in [6.45, 7) is 0. The topological polar surface area (TPSA) is 72.1 Å². The summed E-state index contributed by atoms with van der Waals surface area (Å²) in [4.78, 5) is 21.4. The summed E-state index contributed by atoms with van der Waals surface area (Å²) in [6, 6.07) is 12.3. The van der Waals surface area contributed by atoms with Crippen molar-refractivity contribution in [3.8, 4) is 0 Å². The van der Waals surface area contributed by atoms with Gasteiger partial charge in [0, 0.05) is 17.8 Å². The first kappa shape index (κ1) is 12.1. The van der Waals surface area contributed by atoms with Crippen LogP contribution in [0.3, 0.4) is 0 Å². The molecule has 0 aliphatic carbocycles. The zero-order valence-corrected chi connectivity index (χ0v) is 10.6.